The van der Waals surface area contributed by atoms with E-state index in [0.29, 0.717) is 0 Å². The molecule has 44 valence electrons. The molecule has 0 bridgehead atoms. The molecule has 0 amide bonds. The third kappa shape index (κ3) is 5.96. The summed E-state index contributed by atoms with van der Waals surface area (Å²) in [4.78, 5) is 0. The van der Waals surface area contributed by atoms with E-state index in [1.165, 1.54) is 0 Å². The van der Waals surface area contributed by atoms with Crippen LogP contribution >= 0.6 is 0 Å². The molecule has 0 aliphatic carbocycles. The van der Waals surface area contributed by atoms with Crippen LogP contribution in [0.3, 0.4) is 0 Å². The van der Waals surface area contributed by atoms with Gasteiger partial charge in [-0.2, -0.15) is 0 Å². The van der Waals surface area contributed by atoms with Crippen LogP contribution in [0.1, 0.15) is 30.4 Å². The maximum Gasteiger partial charge on any atom is 0.0459 e. The highest BCUT2D eigenvalue weighted by Crippen LogP contribution is 1.80. The van der Waals surface area contributed by atoms with Gasteiger partial charge in [0.15, 0.2) is 0 Å². The van der Waals surface area contributed by atoms with Crippen molar-refractivity contribution in [3.05, 3.63) is 0 Å². The van der Waals surface area contributed by atoms with Gasteiger partial charge in [-0.05, 0) is 0 Å². The molecule has 0 aliphatic rings. The first kappa shape index (κ1) is 3.90. The lowest BCUT2D eigenvalue weighted by atomic mass is 10.3. The average molecular weight is 103 g/mol. The van der Waals surface area contributed by atoms with Gasteiger partial charge >= 0.3 is 0 Å². The molecule has 0 aliphatic heterocycles. The average Bonchev–Trinajstić information content (AvgIpc) is 1.14. The van der Waals surface area contributed by atoms with Crippen LogP contribution in [0.2, 0.25) is 0 Å². The Morgan fingerprint density at radius 1 is 1.14 bits per heavy atom. The maximum absolute atomic E-state index is 7.36. The molecule has 1 N–H and O–H groups in total. The van der Waals surface area contributed by atoms with Gasteiger partial charge in [-0.3, -0.25) is 0 Å². The van der Waals surface area contributed by atoms with Crippen molar-refractivity contribution in [2.45, 2.75) is 39.7 Å². The highest BCUT2D eigenvalue weighted by Gasteiger charge is 1.92. The standard InChI is InChI=1S/C6H15N/c1-5(2)7-6(3)4/h5-7H,1-4H3/i5D,6D. The Morgan fingerprint density at radius 3 is 1.43 bits per heavy atom. The first-order valence-corrected chi connectivity index (χ1v) is 2.50. The summed E-state index contributed by atoms with van der Waals surface area (Å²) in [5, 5.41) is 2.79. The second kappa shape index (κ2) is 3.03. The molecule has 0 fully saturated rings. The number of rotatable bonds is 2. The zero-order chi connectivity index (χ0) is 7.71. The molecule has 1 heteroatoms. The molecule has 0 aromatic heterocycles. The van der Waals surface area contributed by atoms with Crippen LogP contribution < -0.4 is 5.32 Å². The summed E-state index contributed by atoms with van der Waals surface area (Å²) in [6.45, 7) is 6.90. The Hall–Kier alpha value is -0.0400. The Kier molecular flexibility index (Phi) is 1.69. The minimum Gasteiger partial charge on any atom is -0.312 e. The lowest BCUT2D eigenvalue weighted by molar-refractivity contribution is 0.518. The van der Waals surface area contributed by atoms with E-state index in [0.717, 1.165) is 0 Å². The second-order valence-corrected chi connectivity index (χ2v) is 2.12. The third-order valence-electron chi connectivity index (χ3n) is 0.500. The van der Waals surface area contributed by atoms with E-state index in [1.54, 1.807) is 27.7 Å². The van der Waals surface area contributed by atoms with Crippen molar-refractivity contribution >= 4 is 0 Å². The monoisotopic (exact) mass is 103 g/mol. The third-order valence-corrected chi connectivity index (χ3v) is 0.500. The van der Waals surface area contributed by atoms with Crippen molar-refractivity contribution in [2.75, 3.05) is 0 Å². The van der Waals surface area contributed by atoms with E-state index in [4.69, 9.17) is 2.74 Å². The Balaban J connectivity index is 3.75. The van der Waals surface area contributed by atoms with Crippen LogP contribution in [-0.2, 0) is 0 Å². The second-order valence-electron chi connectivity index (χ2n) is 2.12. The molecule has 0 atom stereocenters. The molecule has 0 aromatic carbocycles. The van der Waals surface area contributed by atoms with Gasteiger partial charge in [0.1, 0.15) is 0 Å². The molecule has 0 heterocycles. The van der Waals surface area contributed by atoms with Crippen molar-refractivity contribution in [3.8, 4) is 0 Å². The van der Waals surface area contributed by atoms with Crippen LogP contribution in [0, 0.1) is 0 Å². The first-order valence-electron chi connectivity index (χ1n) is 3.50. The van der Waals surface area contributed by atoms with E-state index in [9.17, 15) is 0 Å². The number of hydrogen-bond donors (Lipinski definition) is 1. The lowest BCUT2D eigenvalue weighted by Gasteiger charge is -2.10. The topological polar surface area (TPSA) is 12.0 Å². The molecular weight excluding hydrogens is 86.1 g/mol. The molecular formula is C6H15N. The van der Waals surface area contributed by atoms with Gasteiger partial charge in [-0.1, -0.05) is 27.7 Å². The van der Waals surface area contributed by atoms with Crippen molar-refractivity contribution in [2.24, 2.45) is 0 Å². The Bertz CT molecular complexity index is 76.2. The maximum atomic E-state index is 7.36. The molecule has 7 heavy (non-hydrogen) atoms. The van der Waals surface area contributed by atoms with E-state index >= 15 is 0 Å². The van der Waals surface area contributed by atoms with Crippen molar-refractivity contribution in [1.82, 2.24) is 5.32 Å². The fourth-order valence-electron chi connectivity index (χ4n) is 0.500. The summed E-state index contributed by atoms with van der Waals surface area (Å²) in [7, 11) is 0. The van der Waals surface area contributed by atoms with Gasteiger partial charge in [0.2, 0.25) is 0 Å². The molecule has 0 unspecified atom stereocenters. The van der Waals surface area contributed by atoms with E-state index < -0.39 is 12.0 Å². The van der Waals surface area contributed by atoms with Crippen molar-refractivity contribution in [1.29, 1.82) is 0 Å². The van der Waals surface area contributed by atoms with E-state index in [2.05, 4.69) is 5.32 Å². The molecule has 0 spiro atoms. The highest BCUT2D eigenvalue weighted by atomic mass is 14.9. The van der Waals surface area contributed by atoms with Crippen LogP contribution in [0.25, 0.3) is 0 Å². The summed E-state index contributed by atoms with van der Waals surface area (Å²) in [5.74, 6) is 0. The normalized spacial score (nSPS) is 18.3. The van der Waals surface area contributed by atoms with Crippen molar-refractivity contribution in [3.63, 3.8) is 0 Å². The van der Waals surface area contributed by atoms with Crippen molar-refractivity contribution < 1.29 is 2.74 Å². The Morgan fingerprint density at radius 2 is 1.43 bits per heavy atom. The van der Waals surface area contributed by atoms with Gasteiger partial charge in [0.05, 0.1) is 0 Å². The van der Waals surface area contributed by atoms with Gasteiger partial charge < -0.3 is 5.32 Å². The van der Waals surface area contributed by atoms with E-state index in [-0.39, 0.29) is 0 Å². The quantitative estimate of drug-likeness (QED) is 0.557. The van der Waals surface area contributed by atoms with Crippen LogP contribution in [0.15, 0.2) is 0 Å². The molecule has 1 nitrogen and oxygen atoms in total. The molecule has 0 aromatic rings. The van der Waals surface area contributed by atoms with E-state index in [1.807, 2.05) is 0 Å². The summed E-state index contributed by atoms with van der Waals surface area (Å²) in [6.07, 6.45) is 0. The number of nitrogens with one attached hydrogen (secondary N) is 1. The zero-order valence-corrected chi connectivity index (χ0v) is 5.50. The van der Waals surface area contributed by atoms with Gasteiger partial charge in [0, 0.05) is 14.8 Å². The molecule has 0 saturated heterocycles. The molecule has 0 saturated carbocycles. The number of hydrogen-bond acceptors (Lipinski definition) is 1. The molecule has 0 radical (unpaired) electrons. The van der Waals surface area contributed by atoms with Crippen LogP contribution in [0.5, 0.6) is 0 Å². The summed E-state index contributed by atoms with van der Waals surface area (Å²) >= 11 is 0. The Labute approximate surface area is 48.9 Å². The summed E-state index contributed by atoms with van der Waals surface area (Å²) < 4.78 is 14.7. The minimum absolute atomic E-state index is 0.703. The summed E-state index contributed by atoms with van der Waals surface area (Å²) in [5.41, 5.74) is 0. The van der Waals surface area contributed by atoms with Gasteiger partial charge in [-0.25, -0.2) is 0 Å². The van der Waals surface area contributed by atoms with Gasteiger partial charge in [-0.15, -0.1) is 0 Å². The minimum atomic E-state index is -0.703. The highest BCUT2D eigenvalue weighted by molar-refractivity contribution is 4.55. The predicted octanol–water partition coefficient (Wildman–Crippen LogP) is 1.39. The fourth-order valence-corrected chi connectivity index (χ4v) is 0.500. The lowest BCUT2D eigenvalue weighted by Crippen LogP contribution is -2.29. The van der Waals surface area contributed by atoms with Gasteiger partial charge in [0.25, 0.3) is 0 Å². The SMILES string of the molecule is [2H]C(C)(C)NC([2H])(C)C. The first-order chi connectivity index (χ1) is 3.71. The largest absolute Gasteiger partial charge is 0.312 e. The fraction of sp³-hybridized carbons (Fsp3) is 1.00. The smallest absolute Gasteiger partial charge is 0.0459 e. The van der Waals surface area contributed by atoms with Crippen LogP contribution in [0.4, 0.5) is 0 Å². The summed E-state index contributed by atoms with van der Waals surface area (Å²) in [6, 6.07) is -1.41. The van der Waals surface area contributed by atoms with Crippen LogP contribution in [-0.4, -0.2) is 12.0 Å². The zero-order valence-electron chi connectivity index (χ0n) is 7.50. The predicted molar refractivity (Wildman–Crippen MR) is 33.4 cm³/mol. The molecule has 0 rings (SSSR count).